The molecule has 0 aliphatic carbocycles. The Labute approximate surface area is 119 Å². The highest BCUT2D eigenvalue weighted by Gasteiger charge is 2.28. The Morgan fingerprint density at radius 1 is 1.55 bits per heavy atom. The van der Waals surface area contributed by atoms with Gasteiger partial charge >= 0.3 is 0 Å². The number of nitrogens with two attached hydrogens (primary N) is 1. The third kappa shape index (κ3) is 2.91. The summed E-state index contributed by atoms with van der Waals surface area (Å²) in [6, 6.07) is 1.92. The van der Waals surface area contributed by atoms with Crippen molar-refractivity contribution < 1.29 is 9.84 Å². The third-order valence-electron chi connectivity index (χ3n) is 3.42. The van der Waals surface area contributed by atoms with Crippen molar-refractivity contribution >= 4 is 11.7 Å². The molecule has 1 aromatic rings. The van der Waals surface area contributed by atoms with Crippen LogP contribution >= 0.6 is 0 Å². The summed E-state index contributed by atoms with van der Waals surface area (Å²) in [6.45, 7) is 7.02. The van der Waals surface area contributed by atoms with E-state index in [2.05, 4.69) is 4.98 Å². The molecule has 0 spiro atoms. The third-order valence-corrected chi connectivity index (χ3v) is 3.42. The number of ether oxygens (including phenoxy) is 1. The Morgan fingerprint density at radius 2 is 2.25 bits per heavy atom. The monoisotopic (exact) mass is 278 g/mol. The molecule has 6 heteroatoms. The zero-order valence-corrected chi connectivity index (χ0v) is 12.2. The second-order valence-corrected chi connectivity index (χ2v) is 5.35. The number of hydrogen-bond acceptors (Lipinski definition) is 5. The minimum Gasteiger partial charge on any atom is -0.394 e. The molecule has 20 heavy (non-hydrogen) atoms. The first-order valence-electron chi connectivity index (χ1n) is 6.76. The number of aromatic nitrogens is 1. The fourth-order valence-electron chi connectivity index (χ4n) is 2.70. The lowest BCUT2D eigenvalue weighted by molar-refractivity contribution is -0.0423. The summed E-state index contributed by atoms with van der Waals surface area (Å²) in [7, 11) is 0. The van der Waals surface area contributed by atoms with Crippen LogP contribution in [-0.2, 0) is 4.74 Å². The summed E-state index contributed by atoms with van der Waals surface area (Å²) < 4.78 is 5.64. The van der Waals surface area contributed by atoms with Gasteiger partial charge in [-0.25, -0.2) is 4.98 Å². The number of nitrogens with one attached hydrogen (secondary N) is 1. The molecular formula is C14H22N4O2. The van der Waals surface area contributed by atoms with Gasteiger partial charge in [-0.1, -0.05) is 0 Å². The largest absolute Gasteiger partial charge is 0.394 e. The molecule has 2 atom stereocenters. The standard InChI is InChI=1S/C14H22N4O2/c1-8-4-9(2)17-14(12(8)13(15)16)18-5-10(3)20-11(6-18)7-19/h4,10-11,19H,5-7H2,1-3H3,(H3,15,16). The van der Waals surface area contributed by atoms with Gasteiger partial charge in [0.1, 0.15) is 11.7 Å². The lowest BCUT2D eigenvalue weighted by Crippen LogP contribution is -2.49. The fraction of sp³-hybridized carbons (Fsp3) is 0.571. The summed E-state index contributed by atoms with van der Waals surface area (Å²) in [5.41, 5.74) is 8.21. The van der Waals surface area contributed by atoms with Crippen molar-refractivity contribution in [2.75, 3.05) is 24.6 Å². The number of amidine groups is 1. The van der Waals surface area contributed by atoms with Crippen LogP contribution < -0.4 is 10.6 Å². The van der Waals surface area contributed by atoms with E-state index in [-0.39, 0.29) is 24.7 Å². The number of pyridine rings is 1. The maximum atomic E-state index is 9.32. The number of rotatable bonds is 3. The van der Waals surface area contributed by atoms with Crippen LogP contribution in [0.2, 0.25) is 0 Å². The number of hydrogen-bond donors (Lipinski definition) is 3. The number of anilines is 1. The smallest absolute Gasteiger partial charge is 0.140 e. The van der Waals surface area contributed by atoms with Crippen molar-refractivity contribution in [3.05, 3.63) is 22.9 Å². The second kappa shape index (κ2) is 5.76. The molecule has 0 saturated carbocycles. The molecule has 1 aliphatic rings. The SMILES string of the molecule is Cc1cc(C)c(C(=N)N)c(N2CC(C)OC(CO)C2)n1. The van der Waals surface area contributed by atoms with E-state index in [1.54, 1.807) is 0 Å². The van der Waals surface area contributed by atoms with E-state index in [0.717, 1.165) is 11.3 Å². The Hall–Kier alpha value is -1.66. The molecule has 4 N–H and O–H groups in total. The van der Waals surface area contributed by atoms with E-state index >= 15 is 0 Å². The molecule has 2 heterocycles. The van der Waals surface area contributed by atoms with E-state index < -0.39 is 0 Å². The van der Waals surface area contributed by atoms with Crippen molar-refractivity contribution in [2.24, 2.45) is 5.73 Å². The van der Waals surface area contributed by atoms with Crippen LogP contribution in [-0.4, -0.2) is 47.8 Å². The minimum absolute atomic E-state index is 0.00308. The van der Waals surface area contributed by atoms with Crippen molar-refractivity contribution in [2.45, 2.75) is 33.0 Å². The quantitative estimate of drug-likeness (QED) is 0.555. The van der Waals surface area contributed by atoms with Gasteiger partial charge in [0.15, 0.2) is 0 Å². The van der Waals surface area contributed by atoms with Gasteiger partial charge in [-0.05, 0) is 32.4 Å². The van der Waals surface area contributed by atoms with Gasteiger partial charge in [0.25, 0.3) is 0 Å². The number of aryl methyl sites for hydroxylation is 2. The van der Waals surface area contributed by atoms with Crippen LogP contribution in [0.1, 0.15) is 23.7 Å². The number of aliphatic hydroxyl groups excluding tert-OH is 1. The summed E-state index contributed by atoms with van der Waals surface area (Å²) in [6.07, 6.45) is -0.232. The molecule has 1 fully saturated rings. The van der Waals surface area contributed by atoms with Gasteiger partial charge in [-0.3, -0.25) is 5.41 Å². The highest BCUT2D eigenvalue weighted by Crippen LogP contribution is 2.25. The van der Waals surface area contributed by atoms with E-state index in [9.17, 15) is 5.11 Å². The van der Waals surface area contributed by atoms with E-state index in [0.29, 0.717) is 24.5 Å². The van der Waals surface area contributed by atoms with Gasteiger partial charge in [0.2, 0.25) is 0 Å². The molecular weight excluding hydrogens is 256 g/mol. The second-order valence-electron chi connectivity index (χ2n) is 5.35. The molecule has 0 bridgehead atoms. The average molecular weight is 278 g/mol. The normalized spacial score (nSPS) is 22.9. The van der Waals surface area contributed by atoms with E-state index in [1.807, 2.05) is 31.7 Å². The molecule has 110 valence electrons. The highest BCUT2D eigenvalue weighted by atomic mass is 16.5. The summed E-state index contributed by atoms with van der Waals surface area (Å²) in [5.74, 6) is 0.730. The number of nitrogen functional groups attached to an aromatic ring is 1. The van der Waals surface area contributed by atoms with Crippen molar-refractivity contribution in [3.8, 4) is 0 Å². The molecule has 0 aromatic carbocycles. The lowest BCUT2D eigenvalue weighted by Gasteiger charge is -2.37. The Balaban J connectivity index is 2.43. The first-order valence-corrected chi connectivity index (χ1v) is 6.76. The summed E-state index contributed by atoms with van der Waals surface area (Å²) >= 11 is 0. The molecule has 1 aromatic heterocycles. The molecule has 6 nitrogen and oxygen atoms in total. The number of nitrogens with zero attached hydrogens (tertiary/aromatic N) is 2. The average Bonchev–Trinajstić information content (AvgIpc) is 2.36. The predicted octanol–water partition coefficient (Wildman–Crippen LogP) is 0.569. The Morgan fingerprint density at radius 3 is 2.85 bits per heavy atom. The number of morpholine rings is 1. The van der Waals surface area contributed by atoms with Crippen LogP contribution in [0.3, 0.4) is 0 Å². The van der Waals surface area contributed by atoms with Crippen LogP contribution in [0.15, 0.2) is 6.07 Å². The molecule has 2 unspecified atom stereocenters. The maximum Gasteiger partial charge on any atom is 0.140 e. The van der Waals surface area contributed by atoms with Crippen LogP contribution in [0, 0.1) is 19.3 Å². The zero-order valence-electron chi connectivity index (χ0n) is 12.2. The summed E-state index contributed by atoms with van der Waals surface area (Å²) in [5, 5.41) is 17.1. The zero-order chi connectivity index (χ0) is 14.9. The van der Waals surface area contributed by atoms with Crippen LogP contribution in [0.4, 0.5) is 5.82 Å². The lowest BCUT2D eigenvalue weighted by atomic mass is 10.1. The van der Waals surface area contributed by atoms with E-state index in [4.69, 9.17) is 15.9 Å². The Kier molecular flexibility index (Phi) is 4.25. The van der Waals surface area contributed by atoms with Gasteiger partial charge in [-0.15, -0.1) is 0 Å². The van der Waals surface area contributed by atoms with Gasteiger partial charge in [0.05, 0.1) is 24.4 Å². The number of aliphatic hydroxyl groups is 1. The summed E-state index contributed by atoms with van der Waals surface area (Å²) in [4.78, 5) is 6.60. The maximum absolute atomic E-state index is 9.32. The molecule has 1 aliphatic heterocycles. The molecule has 0 radical (unpaired) electrons. The highest BCUT2D eigenvalue weighted by molar-refractivity contribution is 6.01. The van der Waals surface area contributed by atoms with E-state index in [1.165, 1.54) is 0 Å². The van der Waals surface area contributed by atoms with Crippen molar-refractivity contribution in [1.82, 2.24) is 4.98 Å². The predicted molar refractivity (Wildman–Crippen MR) is 78.4 cm³/mol. The Bertz CT molecular complexity index is 518. The first kappa shape index (κ1) is 14.7. The first-order chi connectivity index (χ1) is 9.42. The topological polar surface area (TPSA) is 95.5 Å². The molecule has 2 rings (SSSR count). The fourth-order valence-corrected chi connectivity index (χ4v) is 2.70. The molecule has 0 amide bonds. The van der Waals surface area contributed by atoms with Gasteiger partial charge in [0, 0.05) is 18.8 Å². The van der Waals surface area contributed by atoms with Crippen LogP contribution in [0.5, 0.6) is 0 Å². The van der Waals surface area contributed by atoms with Crippen molar-refractivity contribution in [3.63, 3.8) is 0 Å². The minimum atomic E-state index is -0.235. The van der Waals surface area contributed by atoms with Crippen LogP contribution in [0.25, 0.3) is 0 Å². The van der Waals surface area contributed by atoms with Crippen molar-refractivity contribution in [1.29, 1.82) is 5.41 Å². The van der Waals surface area contributed by atoms with Gasteiger partial charge in [-0.2, -0.15) is 0 Å². The van der Waals surface area contributed by atoms with Gasteiger partial charge < -0.3 is 20.5 Å². The molecule has 1 saturated heterocycles.